The van der Waals surface area contributed by atoms with Gasteiger partial charge in [-0.2, -0.15) is 4.68 Å². The lowest BCUT2D eigenvalue weighted by Crippen LogP contribution is -2.36. The van der Waals surface area contributed by atoms with Gasteiger partial charge >= 0.3 is 0 Å². The third-order valence-corrected chi connectivity index (χ3v) is 8.38. The predicted molar refractivity (Wildman–Crippen MR) is 128 cm³/mol. The van der Waals surface area contributed by atoms with Crippen LogP contribution < -0.4 is 0 Å². The number of hydrogen-bond acceptors (Lipinski definition) is 9. The molecule has 0 atom stereocenters. The van der Waals surface area contributed by atoms with Crippen molar-refractivity contribution in [3.63, 3.8) is 0 Å². The van der Waals surface area contributed by atoms with Gasteiger partial charge in [-0.15, -0.1) is 16.4 Å². The number of aryl methyl sites for hydroxylation is 4. The highest BCUT2D eigenvalue weighted by Gasteiger charge is 2.25. The van der Waals surface area contributed by atoms with Crippen LogP contribution in [0.3, 0.4) is 0 Å². The van der Waals surface area contributed by atoms with Crippen LogP contribution in [0.4, 0.5) is 0 Å². The van der Waals surface area contributed by atoms with Crippen molar-refractivity contribution < 1.29 is 4.74 Å². The van der Waals surface area contributed by atoms with Crippen LogP contribution in [-0.4, -0.2) is 61.4 Å². The Labute approximate surface area is 200 Å². The molecule has 2 aliphatic rings. The molecule has 33 heavy (non-hydrogen) atoms. The normalized spacial score (nSPS) is 16.5. The fraction of sp³-hybridized carbons (Fsp3) is 0.435. The van der Waals surface area contributed by atoms with Crippen LogP contribution >= 0.6 is 23.1 Å². The van der Waals surface area contributed by atoms with E-state index in [1.54, 1.807) is 11.8 Å². The van der Waals surface area contributed by atoms with Gasteiger partial charge in [-0.25, -0.2) is 9.97 Å². The van der Waals surface area contributed by atoms with E-state index in [1.807, 2.05) is 16.0 Å². The van der Waals surface area contributed by atoms with Crippen LogP contribution in [0.25, 0.3) is 15.9 Å². The van der Waals surface area contributed by atoms with Crippen LogP contribution in [-0.2, 0) is 24.1 Å². The molecule has 0 unspecified atom stereocenters. The molecule has 8 nitrogen and oxygen atoms in total. The Kier molecular flexibility index (Phi) is 5.61. The Morgan fingerprint density at radius 2 is 2.00 bits per heavy atom. The Balaban J connectivity index is 1.42. The van der Waals surface area contributed by atoms with Crippen molar-refractivity contribution in [2.75, 3.05) is 26.3 Å². The molecule has 0 bridgehead atoms. The topological polar surface area (TPSA) is 81.9 Å². The lowest BCUT2D eigenvalue weighted by Gasteiger charge is -2.25. The number of hydrogen-bond donors (Lipinski definition) is 0. The first-order chi connectivity index (χ1) is 16.2. The molecule has 0 spiro atoms. The fourth-order valence-electron chi connectivity index (χ4n) is 4.54. The van der Waals surface area contributed by atoms with E-state index in [4.69, 9.17) is 14.7 Å². The summed E-state index contributed by atoms with van der Waals surface area (Å²) in [7, 11) is 0. The van der Waals surface area contributed by atoms with Gasteiger partial charge in [0.15, 0.2) is 0 Å². The number of rotatable bonds is 5. The summed E-state index contributed by atoms with van der Waals surface area (Å²) in [5.74, 6) is 0.859. The van der Waals surface area contributed by atoms with Crippen molar-refractivity contribution in [3.8, 4) is 5.69 Å². The molecule has 4 aromatic rings. The second-order valence-corrected chi connectivity index (χ2v) is 10.7. The van der Waals surface area contributed by atoms with Gasteiger partial charge in [-0.1, -0.05) is 12.1 Å². The average Bonchev–Trinajstić information content (AvgIpc) is 3.52. The SMILES string of the molecule is Cc1ccc(C)c(-n2nnnc2Sc2nc(CN3CCOCC3)nc3sc4c(c23)CCC4)c1. The van der Waals surface area contributed by atoms with Crippen molar-refractivity contribution in [1.82, 2.24) is 35.1 Å². The van der Waals surface area contributed by atoms with Crippen molar-refractivity contribution in [2.45, 2.75) is 49.8 Å². The molecule has 1 aliphatic heterocycles. The quantitative estimate of drug-likeness (QED) is 0.400. The van der Waals surface area contributed by atoms with E-state index in [9.17, 15) is 0 Å². The van der Waals surface area contributed by atoms with E-state index in [0.717, 1.165) is 77.8 Å². The molecule has 0 amide bonds. The van der Waals surface area contributed by atoms with Crippen molar-refractivity contribution in [1.29, 1.82) is 0 Å². The number of aromatic nitrogens is 6. The maximum atomic E-state index is 5.51. The number of benzene rings is 1. The molecule has 0 N–H and O–H groups in total. The van der Waals surface area contributed by atoms with Gasteiger partial charge in [0.25, 0.3) is 0 Å². The molecule has 6 rings (SSSR count). The lowest BCUT2D eigenvalue weighted by molar-refractivity contribution is 0.0330. The lowest BCUT2D eigenvalue weighted by atomic mass is 10.1. The van der Waals surface area contributed by atoms with E-state index < -0.39 is 0 Å². The highest BCUT2D eigenvalue weighted by Crippen LogP contribution is 2.42. The van der Waals surface area contributed by atoms with E-state index in [1.165, 1.54) is 27.8 Å². The first kappa shape index (κ1) is 21.2. The standard InChI is InChI=1S/C23H25N7OS2/c1-14-6-7-15(2)17(12-14)30-23(26-27-28-30)33-22-20-16-4-3-5-18(16)32-21(20)24-19(25-22)13-29-8-10-31-11-9-29/h6-7,12H,3-5,8-11,13H2,1-2H3. The van der Waals surface area contributed by atoms with E-state index in [0.29, 0.717) is 0 Å². The zero-order chi connectivity index (χ0) is 22.4. The largest absolute Gasteiger partial charge is 0.379 e. The number of tetrazole rings is 1. The van der Waals surface area contributed by atoms with Crippen molar-refractivity contribution in [3.05, 3.63) is 45.6 Å². The van der Waals surface area contributed by atoms with Crippen molar-refractivity contribution in [2.24, 2.45) is 0 Å². The van der Waals surface area contributed by atoms with Gasteiger partial charge in [0.05, 0.1) is 25.4 Å². The molecule has 4 heterocycles. The Bertz CT molecular complexity index is 1330. The number of thiophene rings is 1. The van der Waals surface area contributed by atoms with E-state index >= 15 is 0 Å². The number of ether oxygens (including phenoxy) is 1. The zero-order valence-corrected chi connectivity index (χ0v) is 20.4. The summed E-state index contributed by atoms with van der Waals surface area (Å²) in [4.78, 5) is 15.0. The van der Waals surface area contributed by atoms with Gasteiger partial charge < -0.3 is 4.74 Å². The molecule has 3 aromatic heterocycles. The van der Waals surface area contributed by atoms with E-state index in [-0.39, 0.29) is 0 Å². The molecule has 10 heteroatoms. The van der Waals surface area contributed by atoms with Gasteiger partial charge in [-0.3, -0.25) is 4.90 Å². The van der Waals surface area contributed by atoms with Gasteiger partial charge in [-0.05, 0) is 78.1 Å². The molecular weight excluding hydrogens is 454 g/mol. The van der Waals surface area contributed by atoms with Crippen LogP contribution in [0.15, 0.2) is 28.4 Å². The first-order valence-electron chi connectivity index (χ1n) is 11.3. The molecule has 0 radical (unpaired) electrons. The van der Waals surface area contributed by atoms with Crippen LogP contribution in [0.1, 0.15) is 33.8 Å². The predicted octanol–water partition coefficient (Wildman–Crippen LogP) is 3.76. The maximum Gasteiger partial charge on any atom is 0.220 e. The number of nitrogens with zero attached hydrogens (tertiary/aromatic N) is 7. The second-order valence-electron chi connectivity index (χ2n) is 8.64. The molecule has 1 aromatic carbocycles. The van der Waals surface area contributed by atoms with Gasteiger partial charge in [0.1, 0.15) is 15.7 Å². The minimum Gasteiger partial charge on any atom is -0.379 e. The second kappa shape index (κ2) is 8.75. The van der Waals surface area contributed by atoms with Crippen molar-refractivity contribution >= 4 is 33.3 Å². The molecule has 1 aliphatic carbocycles. The minimum absolute atomic E-state index is 0.721. The average molecular weight is 480 g/mol. The summed E-state index contributed by atoms with van der Waals surface area (Å²) in [6.07, 6.45) is 3.44. The fourth-order valence-corrected chi connectivity index (χ4v) is 6.83. The van der Waals surface area contributed by atoms with Gasteiger partial charge in [0, 0.05) is 23.4 Å². The Morgan fingerprint density at radius 3 is 2.88 bits per heavy atom. The highest BCUT2D eigenvalue weighted by atomic mass is 32.2. The number of fused-ring (bicyclic) bond motifs is 3. The summed E-state index contributed by atoms with van der Waals surface area (Å²) >= 11 is 3.37. The Morgan fingerprint density at radius 1 is 1.12 bits per heavy atom. The van der Waals surface area contributed by atoms with E-state index in [2.05, 4.69) is 52.5 Å². The first-order valence-corrected chi connectivity index (χ1v) is 12.9. The summed E-state index contributed by atoms with van der Waals surface area (Å²) in [6.45, 7) is 8.26. The summed E-state index contributed by atoms with van der Waals surface area (Å²) < 4.78 is 7.34. The summed E-state index contributed by atoms with van der Waals surface area (Å²) in [5, 5.41) is 15.6. The third kappa shape index (κ3) is 4.05. The van der Waals surface area contributed by atoms with Crippen LogP contribution in [0, 0.1) is 13.8 Å². The summed E-state index contributed by atoms with van der Waals surface area (Å²) in [6, 6.07) is 6.34. The summed E-state index contributed by atoms with van der Waals surface area (Å²) in [5.41, 5.74) is 4.72. The Hall–Kier alpha value is -2.40. The number of morpholine rings is 1. The minimum atomic E-state index is 0.721. The highest BCUT2D eigenvalue weighted by molar-refractivity contribution is 7.99. The van der Waals surface area contributed by atoms with Gasteiger partial charge in [0.2, 0.25) is 5.16 Å². The third-order valence-electron chi connectivity index (χ3n) is 6.27. The molecule has 1 fully saturated rings. The van der Waals surface area contributed by atoms with Crippen LogP contribution in [0.5, 0.6) is 0 Å². The molecular formula is C23H25N7OS2. The van der Waals surface area contributed by atoms with Crippen LogP contribution in [0.2, 0.25) is 0 Å². The zero-order valence-electron chi connectivity index (χ0n) is 18.7. The molecule has 170 valence electrons. The molecule has 0 saturated carbocycles. The smallest absolute Gasteiger partial charge is 0.220 e. The monoisotopic (exact) mass is 479 g/mol. The molecule has 1 saturated heterocycles. The maximum absolute atomic E-state index is 5.51.